The lowest BCUT2D eigenvalue weighted by molar-refractivity contribution is 0.469. The Morgan fingerprint density at radius 1 is 0.967 bits per heavy atom. The number of benzene rings is 2. The summed E-state index contributed by atoms with van der Waals surface area (Å²) in [5.41, 5.74) is 4.07. The minimum Gasteiger partial charge on any atom is -0.505 e. The fourth-order valence-corrected chi connectivity index (χ4v) is 4.42. The monoisotopic (exact) mass is 456 g/mol. The van der Waals surface area contributed by atoms with Crippen LogP contribution in [0.3, 0.4) is 0 Å². The number of pyridine rings is 2. The number of halogens is 3. The molecule has 1 atom stereocenters. The minimum atomic E-state index is -0.262. The Kier molecular flexibility index (Phi) is 6.14. The smallest absolute Gasteiger partial charge is 0.145 e. The molecule has 0 aliphatic heterocycles. The summed E-state index contributed by atoms with van der Waals surface area (Å²) in [5, 5.41) is 13.5. The third-order valence-corrected chi connectivity index (χ3v) is 6.36. The number of aromatic hydroxyl groups is 1. The second-order valence-corrected chi connectivity index (χ2v) is 8.31. The fourth-order valence-electron chi connectivity index (χ4n) is 3.80. The van der Waals surface area contributed by atoms with E-state index in [1.54, 1.807) is 18.5 Å². The molecule has 30 heavy (non-hydrogen) atoms. The molecular weight excluding hydrogens is 439 g/mol. The van der Waals surface area contributed by atoms with E-state index in [9.17, 15) is 5.11 Å². The molecule has 1 unspecified atom stereocenters. The molecule has 2 heterocycles. The predicted octanol–water partition coefficient (Wildman–Crippen LogP) is 7.23. The van der Waals surface area contributed by atoms with E-state index in [2.05, 4.69) is 16.9 Å². The van der Waals surface area contributed by atoms with Crippen LogP contribution in [-0.2, 0) is 12.8 Å². The summed E-state index contributed by atoms with van der Waals surface area (Å²) in [6.07, 6.45) is 4.65. The first-order valence-corrected chi connectivity index (χ1v) is 10.8. The third-order valence-electron chi connectivity index (χ3n) is 5.32. The second-order valence-electron chi connectivity index (χ2n) is 7.09. The average Bonchev–Trinajstić information content (AvgIpc) is 2.76. The van der Waals surface area contributed by atoms with Crippen LogP contribution in [0, 0.1) is 0 Å². The molecule has 4 rings (SSSR count). The molecular formula is C24H19Cl3N2O. The van der Waals surface area contributed by atoms with Gasteiger partial charge >= 0.3 is 0 Å². The number of phenolic OH excluding ortho intramolecular Hbond substituents is 1. The van der Waals surface area contributed by atoms with Crippen LogP contribution in [0.15, 0.2) is 60.9 Å². The molecule has 0 bridgehead atoms. The van der Waals surface area contributed by atoms with Crippen molar-refractivity contribution in [3.63, 3.8) is 0 Å². The van der Waals surface area contributed by atoms with Gasteiger partial charge in [0.2, 0.25) is 0 Å². The Hall–Kier alpha value is -2.33. The lowest BCUT2D eigenvalue weighted by Gasteiger charge is -2.22. The summed E-state index contributed by atoms with van der Waals surface area (Å²) in [6, 6.07) is 15.1. The van der Waals surface area contributed by atoms with Crippen molar-refractivity contribution in [3.05, 3.63) is 98.4 Å². The Labute approximate surface area is 190 Å². The molecule has 0 saturated heterocycles. The van der Waals surface area contributed by atoms with Gasteiger partial charge in [-0.2, -0.15) is 0 Å². The highest BCUT2D eigenvalue weighted by Crippen LogP contribution is 2.41. The molecule has 0 fully saturated rings. The number of hydrogen-bond acceptors (Lipinski definition) is 3. The van der Waals surface area contributed by atoms with E-state index >= 15 is 0 Å². The molecule has 0 aliphatic rings. The Morgan fingerprint density at radius 2 is 1.80 bits per heavy atom. The van der Waals surface area contributed by atoms with Gasteiger partial charge in [0.05, 0.1) is 15.1 Å². The molecule has 0 amide bonds. The van der Waals surface area contributed by atoms with E-state index in [1.807, 2.05) is 42.5 Å². The van der Waals surface area contributed by atoms with Crippen molar-refractivity contribution in [2.75, 3.05) is 0 Å². The van der Waals surface area contributed by atoms with E-state index < -0.39 is 0 Å². The molecule has 0 spiro atoms. The largest absolute Gasteiger partial charge is 0.505 e. The van der Waals surface area contributed by atoms with Gasteiger partial charge in [-0.05, 0) is 35.7 Å². The lowest BCUT2D eigenvalue weighted by atomic mass is 9.85. The molecule has 4 aromatic rings. The van der Waals surface area contributed by atoms with Crippen LogP contribution in [0.1, 0.15) is 35.2 Å². The lowest BCUT2D eigenvalue weighted by Crippen LogP contribution is -2.10. The zero-order valence-electron chi connectivity index (χ0n) is 16.2. The number of aromatic nitrogens is 2. The number of hydrogen-bond donors (Lipinski definition) is 1. The molecule has 0 aliphatic carbocycles. The second kappa shape index (κ2) is 8.81. The van der Waals surface area contributed by atoms with Crippen molar-refractivity contribution in [3.8, 4) is 5.75 Å². The van der Waals surface area contributed by atoms with Crippen LogP contribution in [0.25, 0.3) is 10.9 Å². The molecule has 2 aromatic carbocycles. The van der Waals surface area contributed by atoms with Crippen molar-refractivity contribution >= 4 is 45.7 Å². The normalized spacial score (nSPS) is 12.3. The highest BCUT2D eigenvalue weighted by molar-refractivity contribution is 6.42. The van der Waals surface area contributed by atoms with Gasteiger partial charge in [-0.3, -0.25) is 9.97 Å². The van der Waals surface area contributed by atoms with Crippen molar-refractivity contribution < 1.29 is 5.11 Å². The van der Waals surface area contributed by atoms with Gasteiger partial charge in [0, 0.05) is 41.4 Å². The SMILES string of the molecule is CCc1cc(Cl)cnc1CC(c1cccc(Cl)c1Cl)c1ccc2cccnc2c1O. The molecule has 3 nitrogen and oxygen atoms in total. The summed E-state index contributed by atoms with van der Waals surface area (Å²) < 4.78 is 0. The summed E-state index contributed by atoms with van der Waals surface area (Å²) >= 11 is 19.1. The van der Waals surface area contributed by atoms with Gasteiger partial charge in [-0.1, -0.05) is 72.1 Å². The standard InChI is InChI=1S/C24H19Cl3N2O/c1-2-14-11-16(25)13-29-21(14)12-19(17-6-3-7-20(26)22(17)27)18-9-8-15-5-4-10-28-23(15)24(18)30/h3-11,13,19,30H,2,12H2,1H3. The zero-order chi connectivity index (χ0) is 21.3. The van der Waals surface area contributed by atoms with E-state index in [0.29, 0.717) is 27.0 Å². The fraction of sp³-hybridized carbons (Fsp3) is 0.167. The predicted molar refractivity (Wildman–Crippen MR) is 124 cm³/mol. The molecule has 1 N–H and O–H groups in total. The highest BCUT2D eigenvalue weighted by Gasteiger charge is 2.24. The first kappa shape index (κ1) is 20.9. The molecule has 152 valence electrons. The van der Waals surface area contributed by atoms with E-state index in [-0.39, 0.29) is 11.7 Å². The number of fused-ring (bicyclic) bond motifs is 1. The number of aryl methyl sites for hydroxylation is 1. The van der Waals surface area contributed by atoms with Crippen LogP contribution >= 0.6 is 34.8 Å². The maximum Gasteiger partial charge on any atom is 0.145 e. The van der Waals surface area contributed by atoms with Crippen molar-refractivity contribution in [1.82, 2.24) is 9.97 Å². The maximum atomic E-state index is 11.1. The Bertz CT molecular complexity index is 1230. The summed E-state index contributed by atoms with van der Waals surface area (Å²) in [5.74, 6) is -0.122. The van der Waals surface area contributed by atoms with Gasteiger partial charge < -0.3 is 5.11 Å². The van der Waals surface area contributed by atoms with Crippen molar-refractivity contribution in [2.24, 2.45) is 0 Å². The molecule has 6 heteroatoms. The molecule has 0 radical (unpaired) electrons. The van der Waals surface area contributed by atoms with Gasteiger partial charge in [-0.15, -0.1) is 0 Å². The summed E-state index contributed by atoms with van der Waals surface area (Å²) in [6.45, 7) is 2.07. The molecule has 0 saturated carbocycles. The molecule has 2 aromatic heterocycles. The number of nitrogens with zero attached hydrogens (tertiary/aromatic N) is 2. The van der Waals surface area contributed by atoms with Crippen LogP contribution in [-0.4, -0.2) is 15.1 Å². The zero-order valence-corrected chi connectivity index (χ0v) is 18.5. The first-order valence-electron chi connectivity index (χ1n) is 9.63. The van der Waals surface area contributed by atoms with Gasteiger partial charge in [0.1, 0.15) is 11.3 Å². The third kappa shape index (κ3) is 3.98. The summed E-state index contributed by atoms with van der Waals surface area (Å²) in [4.78, 5) is 8.95. The average molecular weight is 458 g/mol. The summed E-state index contributed by atoms with van der Waals surface area (Å²) in [7, 11) is 0. The highest BCUT2D eigenvalue weighted by atomic mass is 35.5. The Morgan fingerprint density at radius 3 is 2.60 bits per heavy atom. The first-order chi connectivity index (χ1) is 14.5. The van der Waals surface area contributed by atoms with Crippen LogP contribution < -0.4 is 0 Å². The van der Waals surface area contributed by atoms with Gasteiger partial charge in [0.25, 0.3) is 0 Å². The number of phenols is 1. The number of rotatable bonds is 5. The quantitative estimate of drug-likeness (QED) is 0.344. The van der Waals surface area contributed by atoms with E-state index in [0.717, 1.165) is 34.2 Å². The minimum absolute atomic E-state index is 0.140. The van der Waals surface area contributed by atoms with Crippen LogP contribution in [0.2, 0.25) is 15.1 Å². The van der Waals surface area contributed by atoms with E-state index in [4.69, 9.17) is 34.8 Å². The topological polar surface area (TPSA) is 46.0 Å². The van der Waals surface area contributed by atoms with Gasteiger partial charge in [0.15, 0.2) is 0 Å². The van der Waals surface area contributed by atoms with E-state index in [1.165, 1.54) is 0 Å². The van der Waals surface area contributed by atoms with Crippen molar-refractivity contribution in [2.45, 2.75) is 25.7 Å². The van der Waals surface area contributed by atoms with Crippen molar-refractivity contribution in [1.29, 1.82) is 0 Å². The van der Waals surface area contributed by atoms with Crippen LogP contribution in [0.5, 0.6) is 5.75 Å². The maximum absolute atomic E-state index is 11.1. The Balaban J connectivity index is 1.91. The van der Waals surface area contributed by atoms with Crippen LogP contribution in [0.4, 0.5) is 0 Å². The van der Waals surface area contributed by atoms with Gasteiger partial charge in [-0.25, -0.2) is 0 Å².